The number of amides is 1. The minimum atomic E-state index is -3.85. The highest BCUT2D eigenvalue weighted by Crippen LogP contribution is 2.29. The molecule has 0 saturated heterocycles. The van der Waals surface area contributed by atoms with Gasteiger partial charge in [-0.3, -0.25) is 9.52 Å². The maximum Gasteiger partial charge on any atom is 0.262 e. The number of rotatable bonds is 7. The molecule has 6 nitrogen and oxygen atoms in total. The van der Waals surface area contributed by atoms with Crippen molar-refractivity contribution in [3.63, 3.8) is 0 Å². The van der Waals surface area contributed by atoms with Crippen LogP contribution >= 0.6 is 11.6 Å². The van der Waals surface area contributed by atoms with Crippen LogP contribution in [-0.4, -0.2) is 28.0 Å². The predicted octanol–water partition coefficient (Wildman–Crippen LogP) is 3.54. The number of nitrogens with one attached hydrogen (secondary N) is 2. The van der Waals surface area contributed by atoms with Crippen molar-refractivity contribution >= 4 is 33.2 Å². The molecule has 2 aromatic carbocycles. The van der Waals surface area contributed by atoms with Crippen molar-refractivity contribution < 1.29 is 17.9 Å². The Kier molecular flexibility index (Phi) is 6.50. The van der Waals surface area contributed by atoms with E-state index in [0.29, 0.717) is 28.8 Å². The second-order valence-corrected chi connectivity index (χ2v) is 8.20. The average Bonchev–Trinajstić information content (AvgIpc) is 2.59. The zero-order valence-corrected chi connectivity index (χ0v) is 16.3. The van der Waals surface area contributed by atoms with E-state index >= 15 is 0 Å². The molecule has 0 fully saturated rings. The van der Waals surface area contributed by atoms with E-state index in [4.69, 9.17) is 16.3 Å². The van der Waals surface area contributed by atoms with E-state index in [1.807, 2.05) is 13.8 Å². The van der Waals surface area contributed by atoms with Gasteiger partial charge >= 0.3 is 0 Å². The molecule has 1 amide bonds. The zero-order valence-electron chi connectivity index (χ0n) is 14.7. The average molecular weight is 397 g/mol. The van der Waals surface area contributed by atoms with E-state index < -0.39 is 10.0 Å². The number of methoxy groups -OCH3 is 1. The summed E-state index contributed by atoms with van der Waals surface area (Å²) in [7, 11) is -2.42. The minimum Gasteiger partial charge on any atom is -0.495 e. The van der Waals surface area contributed by atoms with Crippen LogP contribution in [0.2, 0.25) is 5.02 Å². The first-order valence-corrected chi connectivity index (χ1v) is 9.83. The topological polar surface area (TPSA) is 84.5 Å². The lowest BCUT2D eigenvalue weighted by Crippen LogP contribution is -2.27. The molecule has 0 unspecified atom stereocenters. The van der Waals surface area contributed by atoms with Crippen molar-refractivity contribution in [1.29, 1.82) is 0 Å². The van der Waals surface area contributed by atoms with E-state index in [9.17, 15) is 13.2 Å². The smallest absolute Gasteiger partial charge is 0.262 e. The van der Waals surface area contributed by atoms with Gasteiger partial charge in [-0.15, -0.1) is 0 Å². The van der Waals surface area contributed by atoms with Gasteiger partial charge in [-0.1, -0.05) is 25.4 Å². The fourth-order valence-corrected chi connectivity index (χ4v) is 3.38. The van der Waals surface area contributed by atoms with Crippen LogP contribution in [0.4, 0.5) is 5.69 Å². The predicted molar refractivity (Wildman–Crippen MR) is 102 cm³/mol. The summed E-state index contributed by atoms with van der Waals surface area (Å²) in [5.74, 6) is 0.435. The summed E-state index contributed by atoms with van der Waals surface area (Å²) in [6.45, 7) is 4.53. The molecule has 0 aliphatic rings. The van der Waals surface area contributed by atoms with Crippen LogP contribution < -0.4 is 14.8 Å². The minimum absolute atomic E-state index is 0.0277. The van der Waals surface area contributed by atoms with Crippen LogP contribution in [0.5, 0.6) is 5.75 Å². The van der Waals surface area contributed by atoms with Crippen molar-refractivity contribution in [1.82, 2.24) is 5.32 Å². The number of benzene rings is 2. The Labute approximate surface area is 158 Å². The molecule has 2 aromatic rings. The SMILES string of the molecule is COc1ccc(Cl)cc1NS(=O)(=O)c1ccc(C(=O)NCC(C)C)cc1. The molecule has 0 aromatic heterocycles. The normalized spacial score (nSPS) is 11.3. The number of hydrogen-bond acceptors (Lipinski definition) is 4. The lowest BCUT2D eigenvalue weighted by Gasteiger charge is -2.12. The lowest BCUT2D eigenvalue weighted by molar-refractivity contribution is 0.0949. The van der Waals surface area contributed by atoms with E-state index in [2.05, 4.69) is 10.0 Å². The van der Waals surface area contributed by atoms with Crippen LogP contribution in [0.1, 0.15) is 24.2 Å². The van der Waals surface area contributed by atoms with Gasteiger partial charge in [0.1, 0.15) is 5.75 Å². The van der Waals surface area contributed by atoms with Crippen LogP contribution in [0.15, 0.2) is 47.4 Å². The fraction of sp³-hybridized carbons (Fsp3) is 0.278. The number of anilines is 1. The fourth-order valence-electron chi connectivity index (χ4n) is 2.15. The van der Waals surface area contributed by atoms with Gasteiger partial charge < -0.3 is 10.1 Å². The summed E-state index contributed by atoms with van der Waals surface area (Å²) >= 11 is 5.92. The number of sulfonamides is 1. The van der Waals surface area contributed by atoms with Crippen LogP contribution in [0.3, 0.4) is 0 Å². The molecule has 0 radical (unpaired) electrons. The van der Waals surface area contributed by atoms with Crippen LogP contribution in [-0.2, 0) is 10.0 Å². The largest absolute Gasteiger partial charge is 0.495 e. The summed E-state index contributed by atoms with van der Waals surface area (Å²) in [6, 6.07) is 10.3. The first kappa shape index (κ1) is 20.1. The third-order valence-corrected chi connectivity index (χ3v) is 5.12. The number of hydrogen-bond donors (Lipinski definition) is 2. The highest BCUT2D eigenvalue weighted by atomic mass is 35.5. The second-order valence-electron chi connectivity index (χ2n) is 6.08. The summed E-state index contributed by atoms with van der Waals surface area (Å²) in [4.78, 5) is 12.0. The maximum atomic E-state index is 12.6. The van der Waals surface area contributed by atoms with Crippen molar-refractivity contribution in [3.05, 3.63) is 53.1 Å². The van der Waals surface area contributed by atoms with Crippen LogP contribution in [0.25, 0.3) is 0 Å². The van der Waals surface area contributed by atoms with Crippen molar-refractivity contribution in [3.8, 4) is 5.75 Å². The molecule has 2 rings (SSSR count). The molecular formula is C18H21ClN2O4S. The van der Waals surface area contributed by atoms with Gasteiger partial charge in [0.15, 0.2) is 0 Å². The first-order valence-electron chi connectivity index (χ1n) is 7.97. The third-order valence-electron chi connectivity index (χ3n) is 3.50. The molecule has 0 spiro atoms. The Morgan fingerprint density at radius 1 is 1.15 bits per heavy atom. The Balaban J connectivity index is 2.20. The highest BCUT2D eigenvalue weighted by molar-refractivity contribution is 7.92. The molecule has 2 N–H and O–H groups in total. The monoisotopic (exact) mass is 396 g/mol. The van der Waals surface area contributed by atoms with E-state index in [-0.39, 0.29) is 16.5 Å². The molecule has 0 bridgehead atoms. The Morgan fingerprint density at radius 3 is 2.38 bits per heavy atom. The van der Waals surface area contributed by atoms with E-state index in [1.165, 1.54) is 37.4 Å². The van der Waals surface area contributed by atoms with Crippen LogP contribution in [0, 0.1) is 5.92 Å². The van der Waals surface area contributed by atoms with Crippen molar-refractivity contribution in [2.75, 3.05) is 18.4 Å². The number of carbonyl (C=O) groups excluding carboxylic acids is 1. The van der Waals surface area contributed by atoms with E-state index in [1.54, 1.807) is 12.1 Å². The Hall–Kier alpha value is -2.25. The number of ether oxygens (including phenoxy) is 1. The van der Waals surface area contributed by atoms with Crippen molar-refractivity contribution in [2.24, 2.45) is 5.92 Å². The zero-order chi connectivity index (χ0) is 19.3. The molecule has 0 saturated carbocycles. The summed E-state index contributed by atoms with van der Waals surface area (Å²) < 4.78 is 32.7. The second kappa shape index (κ2) is 8.42. The highest BCUT2D eigenvalue weighted by Gasteiger charge is 2.17. The Morgan fingerprint density at radius 2 is 1.81 bits per heavy atom. The molecule has 0 atom stereocenters. The molecule has 26 heavy (non-hydrogen) atoms. The van der Waals surface area contributed by atoms with Gasteiger partial charge in [0, 0.05) is 17.1 Å². The van der Waals surface area contributed by atoms with Gasteiger partial charge in [0.05, 0.1) is 17.7 Å². The summed E-state index contributed by atoms with van der Waals surface area (Å²) in [5, 5.41) is 3.16. The summed E-state index contributed by atoms with van der Waals surface area (Å²) in [5.41, 5.74) is 0.628. The van der Waals surface area contributed by atoms with Gasteiger partial charge in [-0.05, 0) is 48.4 Å². The maximum absolute atomic E-state index is 12.6. The van der Waals surface area contributed by atoms with Gasteiger partial charge in [0.25, 0.3) is 15.9 Å². The lowest BCUT2D eigenvalue weighted by atomic mass is 10.2. The van der Waals surface area contributed by atoms with Gasteiger partial charge in [-0.25, -0.2) is 8.42 Å². The van der Waals surface area contributed by atoms with Gasteiger partial charge in [0.2, 0.25) is 0 Å². The molecule has 140 valence electrons. The van der Waals surface area contributed by atoms with E-state index in [0.717, 1.165) is 0 Å². The molecule has 0 aliphatic heterocycles. The van der Waals surface area contributed by atoms with Crippen molar-refractivity contribution in [2.45, 2.75) is 18.7 Å². The molecule has 0 heterocycles. The third kappa shape index (κ3) is 5.12. The first-order chi connectivity index (χ1) is 12.2. The summed E-state index contributed by atoms with van der Waals surface area (Å²) in [6.07, 6.45) is 0. The molecular weight excluding hydrogens is 376 g/mol. The number of carbonyl (C=O) groups is 1. The Bertz CT molecular complexity index is 881. The molecule has 0 aliphatic carbocycles. The van der Waals surface area contributed by atoms with Gasteiger partial charge in [-0.2, -0.15) is 0 Å². The standard InChI is InChI=1S/C18H21ClN2O4S/c1-12(2)11-20-18(22)13-4-7-15(8-5-13)26(23,24)21-16-10-14(19)6-9-17(16)25-3/h4-10,12,21H,11H2,1-3H3,(H,20,22). The number of halogens is 1. The molecule has 8 heteroatoms. The quantitative estimate of drug-likeness (QED) is 0.749.